The predicted molar refractivity (Wildman–Crippen MR) is 118 cm³/mol. The molecule has 0 spiro atoms. The summed E-state index contributed by atoms with van der Waals surface area (Å²) in [6, 6.07) is 17.6. The van der Waals surface area contributed by atoms with Crippen molar-refractivity contribution >= 4 is 51.9 Å². The molecule has 2 aromatic carbocycles. The lowest BCUT2D eigenvalue weighted by Crippen LogP contribution is -2.34. The predicted octanol–water partition coefficient (Wildman–Crippen LogP) is 4.45. The Labute approximate surface area is 177 Å². The summed E-state index contributed by atoms with van der Waals surface area (Å²) < 4.78 is 4.53. The standard InChI is InChI=1S/C21H17N3O3S2/c1-27-21(26)24-20(28)23-16-10-9-14(19(25)13-6-3-2-4-7-13)12-15(16)18(22)17-8-5-11-29-17/h2-12,22H,1H3,(H2,23,24,26,28). The molecular formula is C21H17N3O3S2. The third-order valence-electron chi connectivity index (χ3n) is 4.00. The Hall–Kier alpha value is -3.36. The molecule has 1 amide bonds. The van der Waals surface area contributed by atoms with Crippen molar-refractivity contribution in [3.05, 3.63) is 87.6 Å². The first-order chi connectivity index (χ1) is 14.0. The number of carbonyl (C=O) groups is 2. The zero-order chi connectivity index (χ0) is 20.8. The fourth-order valence-electron chi connectivity index (χ4n) is 2.61. The van der Waals surface area contributed by atoms with Crippen LogP contribution in [0.3, 0.4) is 0 Å². The highest BCUT2D eigenvalue weighted by atomic mass is 32.1. The number of hydrogen-bond donors (Lipinski definition) is 3. The van der Waals surface area contributed by atoms with E-state index in [2.05, 4.69) is 15.4 Å². The molecule has 0 aliphatic carbocycles. The number of amides is 1. The number of anilines is 1. The summed E-state index contributed by atoms with van der Waals surface area (Å²) >= 11 is 6.55. The molecule has 146 valence electrons. The normalized spacial score (nSPS) is 10.1. The zero-order valence-electron chi connectivity index (χ0n) is 15.4. The van der Waals surface area contributed by atoms with Crippen LogP contribution >= 0.6 is 23.6 Å². The summed E-state index contributed by atoms with van der Waals surface area (Å²) in [5.74, 6) is -0.146. The van der Waals surface area contributed by atoms with E-state index in [0.29, 0.717) is 22.4 Å². The van der Waals surface area contributed by atoms with Gasteiger partial charge in [0, 0.05) is 22.4 Å². The first kappa shape index (κ1) is 20.4. The minimum absolute atomic E-state index is 0.0271. The molecule has 0 saturated heterocycles. The summed E-state index contributed by atoms with van der Waals surface area (Å²) in [6.07, 6.45) is -0.701. The molecule has 0 unspecified atom stereocenters. The number of rotatable bonds is 5. The van der Waals surface area contributed by atoms with Gasteiger partial charge in [-0.1, -0.05) is 36.4 Å². The highest BCUT2D eigenvalue weighted by Crippen LogP contribution is 2.24. The van der Waals surface area contributed by atoms with Gasteiger partial charge in [0.1, 0.15) is 0 Å². The Kier molecular flexibility index (Phi) is 6.48. The van der Waals surface area contributed by atoms with Crippen LogP contribution in [0.15, 0.2) is 66.0 Å². The van der Waals surface area contributed by atoms with Crippen LogP contribution in [0.5, 0.6) is 0 Å². The summed E-state index contributed by atoms with van der Waals surface area (Å²) in [7, 11) is 1.24. The van der Waals surface area contributed by atoms with Crippen LogP contribution in [-0.4, -0.2) is 29.8 Å². The summed E-state index contributed by atoms with van der Waals surface area (Å²) in [6.45, 7) is 0. The number of ether oxygens (including phenoxy) is 1. The molecule has 3 N–H and O–H groups in total. The molecule has 1 aromatic heterocycles. The average molecular weight is 424 g/mol. The van der Waals surface area contributed by atoms with Crippen molar-refractivity contribution in [3.8, 4) is 0 Å². The second-order valence-electron chi connectivity index (χ2n) is 5.88. The van der Waals surface area contributed by atoms with Crippen LogP contribution in [0.25, 0.3) is 0 Å². The zero-order valence-corrected chi connectivity index (χ0v) is 17.0. The number of alkyl carbamates (subject to hydrolysis) is 1. The van der Waals surface area contributed by atoms with Crippen LogP contribution in [0.2, 0.25) is 0 Å². The first-order valence-corrected chi connectivity index (χ1v) is 9.81. The van der Waals surface area contributed by atoms with E-state index in [1.54, 1.807) is 42.5 Å². The summed E-state index contributed by atoms with van der Waals surface area (Å²) in [4.78, 5) is 25.0. The molecule has 0 radical (unpaired) electrons. The molecule has 6 nitrogen and oxygen atoms in total. The van der Waals surface area contributed by atoms with Crippen molar-refractivity contribution < 1.29 is 14.3 Å². The fraction of sp³-hybridized carbons (Fsp3) is 0.0476. The smallest absolute Gasteiger partial charge is 0.413 e. The maximum Gasteiger partial charge on any atom is 0.413 e. The van der Waals surface area contributed by atoms with E-state index in [-0.39, 0.29) is 16.6 Å². The van der Waals surface area contributed by atoms with Gasteiger partial charge < -0.3 is 10.1 Å². The fourth-order valence-corrected chi connectivity index (χ4v) is 3.49. The first-order valence-electron chi connectivity index (χ1n) is 8.52. The number of ketones is 1. The van der Waals surface area contributed by atoms with E-state index in [9.17, 15) is 9.59 Å². The van der Waals surface area contributed by atoms with Crippen LogP contribution in [0, 0.1) is 5.41 Å². The van der Waals surface area contributed by atoms with Gasteiger partial charge in [-0.05, 0) is 41.9 Å². The molecule has 0 fully saturated rings. The molecule has 0 atom stereocenters. The number of methoxy groups -OCH3 is 1. The van der Waals surface area contributed by atoms with E-state index >= 15 is 0 Å². The molecule has 0 saturated carbocycles. The molecular weight excluding hydrogens is 406 g/mol. The van der Waals surface area contributed by atoms with Gasteiger partial charge in [0.15, 0.2) is 10.9 Å². The lowest BCUT2D eigenvalue weighted by molar-refractivity contribution is 0.103. The number of carbonyl (C=O) groups excluding carboxylic acids is 2. The SMILES string of the molecule is COC(=O)NC(=S)Nc1ccc(C(=O)c2ccccc2)cc1C(=N)c1cccs1. The van der Waals surface area contributed by atoms with E-state index < -0.39 is 6.09 Å². The molecule has 8 heteroatoms. The van der Waals surface area contributed by atoms with E-state index in [1.807, 2.05) is 23.6 Å². The van der Waals surface area contributed by atoms with Crippen molar-refractivity contribution in [1.29, 1.82) is 5.41 Å². The minimum Gasteiger partial charge on any atom is -0.453 e. The van der Waals surface area contributed by atoms with Gasteiger partial charge in [-0.15, -0.1) is 11.3 Å². The Balaban J connectivity index is 1.97. The number of thiophene rings is 1. The number of benzene rings is 2. The van der Waals surface area contributed by atoms with Crippen molar-refractivity contribution in [3.63, 3.8) is 0 Å². The second kappa shape index (κ2) is 9.22. The quantitative estimate of drug-likeness (QED) is 0.320. The third kappa shape index (κ3) is 4.92. The Morgan fingerprint density at radius 3 is 2.45 bits per heavy atom. The van der Waals surface area contributed by atoms with Crippen LogP contribution < -0.4 is 10.6 Å². The van der Waals surface area contributed by atoms with Crippen molar-refractivity contribution in [1.82, 2.24) is 5.32 Å². The van der Waals surface area contributed by atoms with Gasteiger partial charge in [0.2, 0.25) is 0 Å². The molecule has 29 heavy (non-hydrogen) atoms. The summed E-state index contributed by atoms with van der Waals surface area (Å²) in [5.41, 5.74) is 2.23. The van der Waals surface area contributed by atoms with E-state index in [4.69, 9.17) is 17.6 Å². The number of nitrogens with one attached hydrogen (secondary N) is 3. The Morgan fingerprint density at radius 2 is 1.79 bits per heavy atom. The van der Waals surface area contributed by atoms with Crippen molar-refractivity contribution in [2.75, 3.05) is 12.4 Å². The van der Waals surface area contributed by atoms with Crippen LogP contribution in [0.1, 0.15) is 26.4 Å². The summed E-state index contributed by atoms with van der Waals surface area (Å²) in [5, 5.41) is 15.8. The molecule has 3 aromatic rings. The maximum atomic E-state index is 12.8. The van der Waals surface area contributed by atoms with Crippen molar-refractivity contribution in [2.45, 2.75) is 0 Å². The van der Waals surface area contributed by atoms with Gasteiger partial charge >= 0.3 is 6.09 Å². The lowest BCUT2D eigenvalue weighted by atomic mass is 9.98. The van der Waals surface area contributed by atoms with Gasteiger partial charge in [-0.25, -0.2) is 4.79 Å². The van der Waals surface area contributed by atoms with Gasteiger partial charge in [0.25, 0.3) is 0 Å². The van der Waals surface area contributed by atoms with E-state index in [0.717, 1.165) is 4.88 Å². The number of thiocarbonyl (C=S) groups is 1. The molecule has 3 rings (SSSR count). The third-order valence-corrected chi connectivity index (χ3v) is 5.10. The second-order valence-corrected chi connectivity index (χ2v) is 7.23. The molecule has 0 aliphatic rings. The van der Waals surface area contributed by atoms with Crippen LogP contribution in [0.4, 0.5) is 10.5 Å². The van der Waals surface area contributed by atoms with E-state index in [1.165, 1.54) is 18.4 Å². The molecule has 0 bridgehead atoms. The largest absolute Gasteiger partial charge is 0.453 e. The average Bonchev–Trinajstić information content (AvgIpc) is 3.28. The van der Waals surface area contributed by atoms with Crippen molar-refractivity contribution in [2.24, 2.45) is 0 Å². The Bertz CT molecular complexity index is 1060. The number of hydrogen-bond acceptors (Lipinski definition) is 6. The van der Waals surface area contributed by atoms with Gasteiger partial charge in [0.05, 0.1) is 17.7 Å². The topological polar surface area (TPSA) is 91.3 Å². The Morgan fingerprint density at radius 1 is 1.03 bits per heavy atom. The van der Waals surface area contributed by atoms with Gasteiger partial charge in [-0.2, -0.15) is 0 Å². The lowest BCUT2D eigenvalue weighted by Gasteiger charge is -2.15. The minimum atomic E-state index is -0.701. The highest BCUT2D eigenvalue weighted by Gasteiger charge is 2.17. The molecule has 1 heterocycles. The molecule has 0 aliphatic heterocycles. The monoisotopic (exact) mass is 423 g/mol. The highest BCUT2D eigenvalue weighted by molar-refractivity contribution is 7.80. The maximum absolute atomic E-state index is 12.8. The van der Waals surface area contributed by atoms with Gasteiger partial charge in [-0.3, -0.25) is 15.5 Å². The van der Waals surface area contributed by atoms with Crippen LogP contribution in [-0.2, 0) is 4.74 Å².